The quantitative estimate of drug-likeness (QED) is 0.811. The lowest BCUT2D eigenvalue weighted by atomic mass is 10.3. The van der Waals surface area contributed by atoms with Crippen LogP contribution in [0.2, 0.25) is 0 Å². The predicted molar refractivity (Wildman–Crippen MR) is 49.9 cm³/mol. The summed E-state index contributed by atoms with van der Waals surface area (Å²) in [6.07, 6.45) is 4.94. The zero-order chi connectivity index (χ0) is 9.97. The normalized spacial score (nSPS) is 10.3. The highest BCUT2D eigenvalue weighted by molar-refractivity contribution is 7.13. The first kappa shape index (κ1) is 8.89. The van der Waals surface area contributed by atoms with Crippen LogP contribution in [0.25, 0.3) is 0 Å². The van der Waals surface area contributed by atoms with Crippen molar-refractivity contribution in [3.05, 3.63) is 34.4 Å². The molecule has 0 aliphatic rings. The minimum absolute atomic E-state index is 0.450. The molecule has 0 saturated carbocycles. The van der Waals surface area contributed by atoms with Gasteiger partial charge in [-0.25, -0.2) is 9.97 Å². The molecule has 0 spiro atoms. The molecule has 72 valence electrons. The Morgan fingerprint density at radius 3 is 3.00 bits per heavy atom. The van der Waals surface area contributed by atoms with Gasteiger partial charge in [0.1, 0.15) is 11.1 Å². The third kappa shape index (κ3) is 1.80. The highest BCUT2D eigenvalue weighted by atomic mass is 32.1. The van der Waals surface area contributed by atoms with Gasteiger partial charge in [0.05, 0.1) is 16.9 Å². The van der Waals surface area contributed by atoms with Gasteiger partial charge in [0.15, 0.2) is 6.39 Å². The highest BCUT2D eigenvalue weighted by Gasteiger charge is 2.08. The Morgan fingerprint density at radius 2 is 2.43 bits per heavy atom. The Morgan fingerprint density at radius 1 is 1.57 bits per heavy atom. The molecule has 0 aliphatic carbocycles. The summed E-state index contributed by atoms with van der Waals surface area (Å²) in [6.45, 7) is 0. The number of nitrogens with two attached hydrogens (primary N) is 1. The summed E-state index contributed by atoms with van der Waals surface area (Å²) >= 11 is 1.27. The van der Waals surface area contributed by atoms with E-state index in [0.29, 0.717) is 11.3 Å². The molecule has 2 N–H and O–H groups in total. The van der Waals surface area contributed by atoms with Crippen molar-refractivity contribution in [1.29, 1.82) is 0 Å². The second-order valence-corrected chi connectivity index (χ2v) is 3.75. The fourth-order valence-electron chi connectivity index (χ4n) is 0.986. The third-order valence-corrected chi connectivity index (χ3v) is 2.62. The average molecular weight is 209 g/mol. The maximum absolute atomic E-state index is 10.8. The van der Waals surface area contributed by atoms with E-state index in [4.69, 9.17) is 10.2 Å². The van der Waals surface area contributed by atoms with Crippen LogP contribution in [0.5, 0.6) is 0 Å². The van der Waals surface area contributed by atoms with Crippen molar-refractivity contribution in [2.45, 2.75) is 6.42 Å². The van der Waals surface area contributed by atoms with E-state index in [1.165, 1.54) is 23.9 Å². The number of rotatable bonds is 3. The van der Waals surface area contributed by atoms with E-state index in [1.54, 1.807) is 6.26 Å². The number of carbonyl (C=O) groups excluding carboxylic acids is 1. The molecule has 14 heavy (non-hydrogen) atoms. The number of primary amides is 1. The summed E-state index contributed by atoms with van der Waals surface area (Å²) in [5, 5.41) is 0.799. The number of hydrogen-bond acceptors (Lipinski definition) is 5. The molecule has 2 aromatic heterocycles. The van der Waals surface area contributed by atoms with Gasteiger partial charge in [-0.05, 0) is 0 Å². The Hall–Kier alpha value is -1.69. The fraction of sp³-hybridized carbons (Fsp3) is 0.125. The molecule has 0 aromatic carbocycles. The lowest BCUT2D eigenvalue weighted by molar-refractivity contribution is 0.100. The monoisotopic (exact) mass is 209 g/mol. The number of amides is 1. The lowest BCUT2D eigenvalue weighted by Gasteiger charge is -1.87. The van der Waals surface area contributed by atoms with Crippen LogP contribution in [-0.4, -0.2) is 15.9 Å². The maximum atomic E-state index is 10.8. The van der Waals surface area contributed by atoms with Crippen LogP contribution < -0.4 is 5.73 Å². The van der Waals surface area contributed by atoms with Gasteiger partial charge in [-0.1, -0.05) is 0 Å². The molecule has 2 heterocycles. The molecule has 0 bridgehead atoms. The number of nitrogens with zero attached hydrogens (tertiary/aromatic N) is 2. The zero-order valence-electron chi connectivity index (χ0n) is 7.14. The molecule has 0 atom stereocenters. The zero-order valence-corrected chi connectivity index (χ0v) is 7.95. The Labute approximate surface area is 83.6 Å². The standard InChI is InChI=1S/C8H7N3O2S/c9-8(12)6-2-10-7(14-6)1-5-3-13-4-11-5/h2-4H,1H2,(H2,9,12). The van der Waals surface area contributed by atoms with Gasteiger partial charge in [-0.15, -0.1) is 11.3 Å². The van der Waals surface area contributed by atoms with Gasteiger partial charge in [-0.2, -0.15) is 0 Å². The Balaban J connectivity index is 2.14. The average Bonchev–Trinajstić information content (AvgIpc) is 2.75. The van der Waals surface area contributed by atoms with E-state index in [2.05, 4.69) is 9.97 Å². The first-order chi connectivity index (χ1) is 6.75. The SMILES string of the molecule is NC(=O)c1cnc(Cc2cocn2)s1. The Kier molecular flexibility index (Phi) is 2.28. The van der Waals surface area contributed by atoms with Gasteiger partial charge in [-0.3, -0.25) is 4.79 Å². The summed E-state index contributed by atoms with van der Waals surface area (Å²) in [5.74, 6) is -0.450. The number of oxazole rings is 1. The van der Waals surface area contributed by atoms with Crippen LogP contribution in [-0.2, 0) is 6.42 Å². The fourth-order valence-corrected chi connectivity index (χ4v) is 1.77. The van der Waals surface area contributed by atoms with Crippen LogP contribution in [0.4, 0.5) is 0 Å². The van der Waals surface area contributed by atoms with E-state index >= 15 is 0 Å². The molecule has 0 saturated heterocycles. The van der Waals surface area contributed by atoms with Crippen molar-refractivity contribution >= 4 is 17.2 Å². The third-order valence-electron chi connectivity index (χ3n) is 1.61. The largest absolute Gasteiger partial charge is 0.451 e. The van der Waals surface area contributed by atoms with E-state index in [9.17, 15) is 4.79 Å². The smallest absolute Gasteiger partial charge is 0.260 e. The van der Waals surface area contributed by atoms with Crippen LogP contribution in [0.1, 0.15) is 20.4 Å². The van der Waals surface area contributed by atoms with Crippen LogP contribution in [0, 0.1) is 0 Å². The molecule has 1 amide bonds. The Bertz CT molecular complexity index is 435. The van der Waals surface area contributed by atoms with Crippen LogP contribution in [0.3, 0.4) is 0 Å². The lowest BCUT2D eigenvalue weighted by Crippen LogP contribution is -2.08. The van der Waals surface area contributed by atoms with Gasteiger partial charge in [0, 0.05) is 6.42 Å². The topological polar surface area (TPSA) is 82.0 Å². The molecule has 0 unspecified atom stereocenters. The summed E-state index contributed by atoms with van der Waals surface area (Å²) in [6, 6.07) is 0. The second kappa shape index (κ2) is 3.59. The number of aromatic nitrogens is 2. The van der Waals surface area contributed by atoms with Gasteiger partial charge in [0.25, 0.3) is 5.91 Å². The molecular weight excluding hydrogens is 202 g/mol. The van der Waals surface area contributed by atoms with Crippen LogP contribution >= 0.6 is 11.3 Å². The van der Waals surface area contributed by atoms with E-state index in [0.717, 1.165) is 10.7 Å². The molecule has 6 heteroatoms. The number of carbonyl (C=O) groups is 1. The summed E-state index contributed by atoms with van der Waals surface area (Å²) in [7, 11) is 0. The van der Waals surface area contributed by atoms with Crippen molar-refractivity contribution in [1.82, 2.24) is 9.97 Å². The van der Waals surface area contributed by atoms with E-state index < -0.39 is 5.91 Å². The van der Waals surface area contributed by atoms with Gasteiger partial charge >= 0.3 is 0 Å². The van der Waals surface area contributed by atoms with Crippen molar-refractivity contribution in [3.63, 3.8) is 0 Å². The van der Waals surface area contributed by atoms with E-state index in [1.807, 2.05) is 0 Å². The molecule has 0 radical (unpaired) electrons. The molecule has 5 nitrogen and oxygen atoms in total. The predicted octanol–water partition coefficient (Wildman–Crippen LogP) is 0.821. The molecule has 2 aromatic rings. The van der Waals surface area contributed by atoms with Gasteiger partial charge in [0.2, 0.25) is 0 Å². The summed E-state index contributed by atoms with van der Waals surface area (Å²) in [4.78, 5) is 19.2. The molecule has 2 rings (SSSR count). The van der Waals surface area contributed by atoms with Crippen LogP contribution in [0.15, 0.2) is 23.3 Å². The minimum atomic E-state index is -0.450. The van der Waals surface area contributed by atoms with Crippen molar-refractivity contribution < 1.29 is 9.21 Å². The van der Waals surface area contributed by atoms with Gasteiger partial charge < -0.3 is 10.2 Å². The molecule has 0 aliphatic heterocycles. The minimum Gasteiger partial charge on any atom is -0.451 e. The van der Waals surface area contributed by atoms with Crippen molar-refractivity contribution in [2.24, 2.45) is 5.73 Å². The van der Waals surface area contributed by atoms with E-state index in [-0.39, 0.29) is 0 Å². The highest BCUT2D eigenvalue weighted by Crippen LogP contribution is 2.15. The second-order valence-electron chi connectivity index (χ2n) is 2.64. The van der Waals surface area contributed by atoms with Crippen molar-refractivity contribution in [3.8, 4) is 0 Å². The summed E-state index contributed by atoms with van der Waals surface area (Å²) in [5.41, 5.74) is 5.89. The first-order valence-electron chi connectivity index (χ1n) is 3.87. The maximum Gasteiger partial charge on any atom is 0.260 e. The molecular formula is C8H7N3O2S. The molecule has 0 fully saturated rings. The first-order valence-corrected chi connectivity index (χ1v) is 4.69. The van der Waals surface area contributed by atoms with Crippen molar-refractivity contribution in [2.75, 3.05) is 0 Å². The summed E-state index contributed by atoms with van der Waals surface area (Å²) < 4.78 is 4.82. The number of hydrogen-bond donors (Lipinski definition) is 1. The number of thiazole rings is 1.